The molecule has 37 heavy (non-hydrogen) atoms. The third kappa shape index (κ3) is 4.64. The Hall–Kier alpha value is -3.91. The molecule has 8 heteroatoms. The van der Waals surface area contributed by atoms with Crippen LogP contribution in [0.1, 0.15) is 48.5 Å². The largest absolute Gasteiger partial charge is 0.439 e. The van der Waals surface area contributed by atoms with Crippen molar-refractivity contribution in [3.63, 3.8) is 0 Å². The van der Waals surface area contributed by atoms with Gasteiger partial charge >= 0.3 is 0 Å². The zero-order valence-corrected chi connectivity index (χ0v) is 21.3. The predicted octanol–water partition coefficient (Wildman–Crippen LogP) is 4.74. The van der Waals surface area contributed by atoms with Crippen molar-refractivity contribution >= 4 is 17.2 Å². The van der Waals surface area contributed by atoms with Crippen molar-refractivity contribution in [2.45, 2.75) is 57.2 Å². The third-order valence-electron chi connectivity index (χ3n) is 7.39. The van der Waals surface area contributed by atoms with Gasteiger partial charge in [0.25, 0.3) is 5.91 Å². The maximum atomic E-state index is 12.6. The first-order valence-electron chi connectivity index (χ1n) is 12.8. The van der Waals surface area contributed by atoms with E-state index in [9.17, 15) is 9.90 Å². The summed E-state index contributed by atoms with van der Waals surface area (Å²) in [6, 6.07) is 15.9. The number of carbonyl (C=O) groups excluding carboxylic acids is 1. The first kappa shape index (κ1) is 23.5. The molecule has 0 saturated heterocycles. The van der Waals surface area contributed by atoms with Gasteiger partial charge in [-0.25, -0.2) is 9.50 Å². The Morgan fingerprint density at radius 2 is 2.00 bits per heavy atom. The standard InChI is InChI=1S/C29H31N5O3/c1-18-12-19(7-10-23(18)28(35)32-20-8-9-20)24-17-31-34-25(24)13-22(37-26-6-4-5-11-30-26)14-27(34)33(3)21-15-29(2,36)16-21/h4-7,10-14,17,20-21,36H,8-9,15-16H2,1-3H3,(H,32,35). The number of aryl methyl sites for hydroxylation is 1. The Kier molecular flexibility index (Phi) is 5.64. The molecule has 6 rings (SSSR count). The van der Waals surface area contributed by atoms with E-state index in [2.05, 4.69) is 15.2 Å². The highest BCUT2D eigenvalue weighted by molar-refractivity contribution is 5.97. The third-order valence-corrected chi connectivity index (χ3v) is 7.39. The van der Waals surface area contributed by atoms with Crippen LogP contribution in [0.2, 0.25) is 0 Å². The molecule has 0 atom stereocenters. The summed E-state index contributed by atoms with van der Waals surface area (Å²) in [7, 11) is 2.03. The van der Waals surface area contributed by atoms with E-state index in [1.165, 1.54) is 0 Å². The van der Waals surface area contributed by atoms with Gasteiger partial charge < -0.3 is 20.1 Å². The summed E-state index contributed by atoms with van der Waals surface area (Å²) in [5.74, 6) is 2.01. The molecule has 2 aliphatic rings. The maximum Gasteiger partial charge on any atom is 0.251 e. The molecule has 0 unspecified atom stereocenters. The summed E-state index contributed by atoms with van der Waals surface area (Å²) < 4.78 is 8.06. The summed E-state index contributed by atoms with van der Waals surface area (Å²) in [6.45, 7) is 3.84. The second-order valence-electron chi connectivity index (χ2n) is 10.6. The lowest BCUT2D eigenvalue weighted by Gasteiger charge is -2.46. The molecule has 0 spiro atoms. The van der Waals surface area contributed by atoms with Gasteiger partial charge in [0.05, 0.1) is 17.3 Å². The maximum absolute atomic E-state index is 12.6. The average Bonchev–Trinajstić information content (AvgIpc) is 3.57. The number of nitrogens with zero attached hydrogens (tertiary/aromatic N) is 4. The van der Waals surface area contributed by atoms with Crippen molar-refractivity contribution in [1.82, 2.24) is 19.9 Å². The van der Waals surface area contributed by atoms with E-state index in [1.54, 1.807) is 6.20 Å². The van der Waals surface area contributed by atoms with Crippen LogP contribution in [-0.4, -0.2) is 50.3 Å². The van der Waals surface area contributed by atoms with Crippen LogP contribution in [0.5, 0.6) is 11.6 Å². The molecule has 8 nitrogen and oxygen atoms in total. The van der Waals surface area contributed by atoms with E-state index < -0.39 is 5.60 Å². The van der Waals surface area contributed by atoms with Gasteiger partial charge in [-0.1, -0.05) is 18.2 Å². The van der Waals surface area contributed by atoms with Crippen LogP contribution >= 0.6 is 0 Å². The second-order valence-corrected chi connectivity index (χ2v) is 10.6. The van der Waals surface area contributed by atoms with Gasteiger partial charge in [-0.2, -0.15) is 5.10 Å². The molecular weight excluding hydrogens is 466 g/mol. The van der Waals surface area contributed by atoms with Gasteiger partial charge in [-0.15, -0.1) is 0 Å². The lowest BCUT2D eigenvalue weighted by molar-refractivity contribution is -0.0300. The highest BCUT2D eigenvalue weighted by atomic mass is 16.5. The molecule has 2 N–H and O–H groups in total. The van der Waals surface area contributed by atoms with E-state index in [0.29, 0.717) is 36.1 Å². The fraction of sp³-hybridized carbons (Fsp3) is 0.345. The first-order valence-corrected chi connectivity index (χ1v) is 12.8. The Bertz CT molecular complexity index is 1470. The molecule has 2 fully saturated rings. The molecule has 0 radical (unpaired) electrons. The van der Waals surface area contributed by atoms with Gasteiger partial charge in [0.1, 0.15) is 11.6 Å². The minimum atomic E-state index is -0.638. The zero-order valence-electron chi connectivity index (χ0n) is 21.3. The van der Waals surface area contributed by atoms with Crippen LogP contribution < -0.4 is 15.0 Å². The normalized spacial score (nSPS) is 20.9. The van der Waals surface area contributed by atoms with Gasteiger partial charge in [-0.05, 0) is 62.8 Å². The molecule has 1 aromatic carbocycles. The Morgan fingerprint density at radius 3 is 2.68 bits per heavy atom. The number of aliphatic hydroxyl groups is 1. The molecule has 1 amide bonds. The second kappa shape index (κ2) is 8.88. The van der Waals surface area contributed by atoms with Crippen molar-refractivity contribution in [3.8, 4) is 22.8 Å². The number of hydrogen-bond acceptors (Lipinski definition) is 6. The topological polar surface area (TPSA) is 92.0 Å². The minimum Gasteiger partial charge on any atom is -0.439 e. The number of nitrogens with one attached hydrogen (secondary N) is 1. The lowest BCUT2D eigenvalue weighted by atomic mass is 9.76. The summed E-state index contributed by atoms with van der Waals surface area (Å²) in [5.41, 5.74) is 3.79. The van der Waals surface area contributed by atoms with E-state index in [-0.39, 0.29) is 11.9 Å². The highest BCUT2D eigenvalue weighted by Crippen LogP contribution is 2.39. The number of rotatable bonds is 7. The van der Waals surface area contributed by atoms with Crippen LogP contribution in [0.25, 0.3) is 16.6 Å². The lowest BCUT2D eigenvalue weighted by Crippen LogP contribution is -2.52. The van der Waals surface area contributed by atoms with Crippen LogP contribution in [0.15, 0.2) is 60.9 Å². The van der Waals surface area contributed by atoms with Crippen molar-refractivity contribution in [1.29, 1.82) is 0 Å². The molecule has 3 aromatic heterocycles. The molecule has 0 bridgehead atoms. The van der Waals surface area contributed by atoms with Gasteiger partial charge in [0.15, 0.2) is 0 Å². The number of pyridine rings is 2. The smallest absolute Gasteiger partial charge is 0.251 e. The molecule has 3 heterocycles. The summed E-state index contributed by atoms with van der Waals surface area (Å²) in [6.07, 6.45) is 7.05. The highest BCUT2D eigenvalue weighted by Gasteiger charge is 2.41. The van der Waals surface area contributed by atoms with Crippen molar-refractivity contribution in [2.24, 2.45) is 0 Å². The molecule has 4 aromatic rings. The van der Waals surface area contributed by atoms with Crippen molar-refractivity contribution < 1.29 is 14.6 Å². The average molecular weight is 498 g/mol. The fourth-order valence-electron chi connectivity index (χ4n) is 5.10. The number of hydrogen-bond donors (Lipinski definition) is 2. The number of fused-ring (bicyclic) bond motifs is 1. The Morgan fingerprint density at radius 1 is 1.19 bits per heavy atom. The van der Waals surface area contributed by atoms with Crippen LogP contribution in [0, 0.1) is 6.92 Å². The number of carbonyl (C=O) groups is 1. The van der Waals surface area contributed by atoms with Gasteiger partial charge in [0, 0.05) is 54.7 Å². The zero-order chi connectivity index (χ0) is 25.7. The van der Waals surface area contributed by atoms with Crippen LogP contribution in [-0.2, 0) is 0 Å². The quantitative estimate of drug-likeness (QED) is 0.383. The van der Waals surface area contributed by atoms with Crippen molar-refractivity contribution in [2.75, 3.05) is 11.9 Å². The SMILES string of the molecule is Cc1cc(-c2cnn3c(N(C)C4CC(C)(O)C4)cc(Oc4ccccn4)cc23)ccc1C(=O)NC1CC1. The Balaban J connectivity index is 1.40. The number of benzene rings is 1. The predicted molar refractivity (Wildman–Crippen MR) is 142 cm³/mol. The molecule has 0 aliphatic heterocycles. The number of ether oxygens (including phenoxy) is 1. The minimum absolute atomic E-state index is 0.0160. The van der Waals surface area contributed by atoms with Crippen LogP contribution in [0.4, 0.5) is 5.82 Å². The van der Waals surface area contributed by atoms with E-state index >= 15 is 0 Å². The number of aromatic nitrogens is 3. The number of anilines is 1. The summed E-state index contributed by atoms with van der Waals surface area (Å²) in [4.78, 5) is 19.1. The van der Waals surface area contributed by atoms with Crippen LogP contribution in [0.3, 0.4) is 0 Å². The van der Waals surface area contributed by atoms with Crippen molar-refractivity contribution in [3.05, 3.63) is 72.1 Å². The molecule has 190 valence electrons. The molecule has 2 aliphatic carbocycles. The first-order chi connectivity index (χ1) is 17.8. The molecule has 2 saturated carbocycles. The van der Waals surface area contributed by atoms with Gasteiger partial charge in [0.2, 0.25) is 5.88 Å². The summed E-state index contributed by atoms with van der Waals surface area (Å²) >= 11 is 0. The van der Waals surface area contributed by atoms with E-state index in [0.717, 1.165) is 40.9 Å². The number of amides is 1. The van der Waals surface area contributed by atoms with E-state index in [1.807, 2.05) is 80.1 Å². The van der Waals surface area contributed by atoms with E-state index in [4.69, 9.17) is 9.84 Å². The fourth-order valence-corrected chi connectivity index (χ4v) is 5.10. The Labute approximate surface area is 215 Å². The molecular formula is C29H31N5O3. The van der Waals surface area contributed by atoms with Gasteiger partial charge in [-0.3, -0.25) is 4.79 Å². The summed E-state index contributed by atoms with van der Waals surface area (Å²) in [5, 5.41) is 18.1. The monoisotopic (exact) mass is 497 g/mol.